The van der Waals surface area contributed by atoms with Crippen LogP contribution < -0.4 is 0 Å². The summed E-state index contributed by atoms with van der Waals surface area (Å²) in [7, 11) is 0. The fraction of sp³-hybridized carbons (Fsp3) is 0.714. The zero-order valence-electron chi connectivity index (χ0n) is 14.2. The summed E-state index contributed by atoms with van der Waals surface area (Å²) >= 11 is 0. The molecule has 12 heteroatoms. The van der Waals surface area contributed by atoms with Gasteiger partial charge in [-0.15, -0.1) is 0 Å². The predicted octanol–water partition coefficient (Wildman–Crippen LogP) is -3.51. The van der Waals surface area contributed by atoms with E-state index in [1.807, 2.05) is 0 Å². The van der Waals surface area contributed by atoms with Crippen LogP contribution in [0, 0.1) is 0 Å². The number of carbonyl (C=O) groups excluding carboxylic acids is 3. The van der Waals surface area contributed by atoms with Gasteiger partial charge in [0.15, 0.2) is 26.2 Å². The Labute approximate surface area is 149 Å². The van der Waals surface area contributed by atoms with Crippen LogP contribution in [-0.4, -0.2) is 115 Å². The quantitative estimate of drug-likeness (QED) is 0.133. The number of ether oxygens (including phenoxy) is 3. The second-order valence-electron chi connectivity index (χ2n) is 5.20. The van der Waals surface area contributed by atoms with Crippen LogP contribution >= 0.6 is 0 Å². The summed E-state index contributed by atoms with van der Waals surface area (Å²) in [5.41, 5.74) is 0. The Hall–Kier alpha value is -2.28. The predicted molar refractivity (Wildman–Crippen MR) is 81.5 cm³/mol. The molecule has 0 bridgehead atoms. The third-order valence-electron chi connectivity index (χ3n) is 2.93. The van der Waals surface area contributed by atoms with Gasteiger partial charge >= 0.3 is 23.9 Å². The van der Waals surface area contributed by atoms with Crippen LogP contribution in [-0.2, 0) is 33.4 Å². The van der Waals surface area contributed by atoms with Crippen molar-refractivity contribution in [2.24, 2.45) is 0 Å². The van der Waals surface area contributed by atoms with E-state index in [0.29, 0.717) is 0 Å². The van der Waals surface area contributed by atoms with Crippen LogP contribution in [0.3, 0.4) is 0 Å². The molecule has 150 valence electrons. The molecule has 0 aromatic heterocycles. The molecule has 0 saturated heterocycles. The molecule has 0 fully saturated rings. The molecule has 26 heavy (non-hydrogen) atoms. The van der Waals surface area contributed by atoms with Gasteiger partial charge in [-0.1, -0.05) is 0 Å². The Kier molecular flexibility index (Phi) is 11.9. The lowest BCUT2D eigenvalue weighted by atomic mass is 10.3. The second-order valence-corrected chi connectivity index (χ2v) is 5.20. The Morgan fingerprint density at radius 2 is 0.923 bits per heavy atom. The van der Waals surface area contributed by atoms with Crippen molar-refractivity contribution in [2.75, 3.05) is 65.8 Å². The van der Waals surface area contributed by atoms with Crippen LogP contribution in [0.4, 0.5) is 0 Å². The molecule has 4 N–H and O–H groups in total. The van der Waals surface area contributed by atoms with Gasteiger partial charge in [-0.05, 0) is 0 Å². The average molecular weight is 382 g/mol. The molecule has 0 amide bonds. The van der Waals surface area contributed by atoms with Crippen molar-refractivity contribution in [1.82, 2.24) is 0 Å². The van der Waals surface area contributed by atoms with Crippen LogP contribution in [0.1, 0.15) is 0 Å². The lowest BCUT2D eigenvalue weighted by Crippen LogP contribution is -2.59. The van der Waals surface area contributed by atoms with Crippen molar-refractivity contribution >= 4 is 23.9 Å². The van der Waals surface area contributed by atoms with Gasteiger partial charge in [0, 0.05) is 0 Å². The number of rotatable bonds is 14. The number of aliphatic carboxylic acids is 1. The molecule has 0 aromatic rings. The summed E-state index contributed by atoms with van der Waals surface area (Å²) in [5.74, 6) is -4.22. The largest absolute Gasteiger partial charge is 0.477 e. The first-order valence-electron chi connectivity index (χ1n) is 7.65. The number of nitrogens with zero attached hydrogens (tertiary/aromatic N) is 1. The summed E-state index contributed by atoms with van der Waals surface area (Å²) in [4.78, 5) is 46.8. The summed E-state index contributed by atoms with van der Waals surface area (Å²) in [6, 6.07) is 0. The smallest absolute Gasteiger partial charge is 0.361 e. The molecule has 0 aromatic carbocycles. The van der Waals surface area contributed by atoms with Gasteiger partial charge in [-0.25, -0.2) is 19.2 Å². The van der Waals surface area contributed by atoms with Crippen molar-refractivity contribution in [3.63, 3.8) is 0 Å². The minimum atomic E-state index is -1.40. The topological polar surface area (TPSA) is 177 Å². The number of hydrogen-bond acceptors (Lipinski definition) is 10. The number of esters is 3. The standard InChI is InChI=1S/C14H23NO11/c16-1-4-24-12(21)8-15(7-11(19)20,9-13(22)25-5-2-17)10-14(23)26-6-3-18/h16-18H,1-10H2/p+1. The van der Waals surface area contributed by atoms with E-state index in [1.165, 1.54) is 0 Å². The minimum Gasteiger partial charge on any atom is -0.477 e. The number of carbonyl (C=O) groups is 4. The zero-order chi connectivity index (χ0) is 20.0. The van der Waals surface area contributed by atoms with Gasteiger partial charge in [0.25, 0.3) is 0 Å². The van der Waals surface area contributed by atoms with E-state index in [4.69, 9.17) is 20.4 Å². The van der Waals surface area contributed by atoms with Gasteiger partial charge in [-0.2, -0.15) is 0 Å². The van der Waals surface area contributed by atoms with Gasteiger partial charge in [0.05, 0.1) is 19.8 Å². The van der Waals surface area contributed by atoms with Crippen LogP contribution in [0.5, 0.6) is 0 Å². The van der Waals surface area contributed by atoms with E-state index in [0.717, 1.165) is 0 Å². The SMILES string of the molecule is O=C(O)C[N+](CC(=O)OCCO)(CC(=O)OCCO)CC(=O)OCCO. The monoisotopic (exact) mass is 382 g/mol. The van der Waals surface area contributed by atoms with Crippen LogP contribution in [0.15, 0.2) is 0 Å². The maximum atomic E-state index is 11.9. The Balaban J connectivity index is 5.39. The summed E-state index contributed by atoms with van der Waals surface area (Å²) < 4.78 is 13.1. The molecule has 0 heterocycles. The van der Waals surface area contributed by atoms with Crippen molar-refractivity contribution in [1.29, 1.82) is 0 Å². The van der Waals surface area contributed by atoms with E-state index in [2.05, 4.69) is 14.2 Å². The molecule has 0 radical (unpaired) electrons. The normalized spacial score (nSPS) is 10.9. The van der Waals surface area contributed by atoms with Crippen molar-refractivity contribution in [2.45, 2.75) is 0 Å². The highest BCUT2D eigenvalue weighted by Gasteiger charge is 2.39. The Morgan fingerprint density at radius 3 is 1.15 bits per heavy atom. The highest BCUT2D eigenvalue weighted by Crippen LogP contribution is 2.10. The third kappa shape index (κ3) is 10.6. The number of quaternary nitrogens is 1. The molecule has 0 atom stereocenters. The van der Waals surface area contributed by atoms with E-state index >= 15 is 0 Å². The molecule has 0 saturated carbocycles. The Morgan fingerprint density at radius 1 is 0.615 bits per heavy atom. The second kappa shape index (κ2) is 13.0. The van der Waals surface area contributed by atoms with Crippen LogP contribution in [0.2, 0.25) is 0 Å². The Bertz CT molecular complexity index is 424. The van der Waals surface area contributed by atoms with Crippen molar-refractivity contribution in [3.8, 4) is 0 Å². The first kappa shape index (κ1) is 23.7. The molecule has 12 nitrogen and oxygen atoms in total. The fourth-order valence-corrected chi connectivity index (χ4v) is 2.06. The zero-order valence-corrected chi connectivity index (χ0v) is 14.2. The number of aliphatic hydroxyl groups excluding tert-OH is 3. The summed E-state index contributed by atoms with van der Waals surface area (Å²) in [6.45, 7) is -5.19. The molecule has 0 spiro atoms. The van der Waals surface area contributed by atoms with Gasteiger partial charge in [0.1, 0.15) is 19.8 Å². The van der Waals surface area contributed by atoms with Gasteiger partial charge in [0.2, 0.25) is 0 Å². The maximum Gasteiger partial charge on any atom is 0.361 e. The summed E-state index contributed by atoms with van der Waals surface area (Å²) in [6.07, 6.45) is 0. The van der Waals surface area contributed by atoms with E-state index in [-0.39, 0.29) is 19.8 Å². The number of carboxylic acids is 1. The summed E-state index contributed by atoms with van der Waals surface area (Å²) in [5, 5.41) is 35.1. The molecule has 0 aliphatic heterocycles. The van der Waals surface area contributed by atoms with Gasteiger partial charge < -0.3 is 34.6 Å². The first-order chi connectivity index (χ1) is 12.3. The first-order valence-corrected chi connectivity index (χ1v) is 7.65. The van der Waals surface area contributed by atoms with E-state index in [9.17, 15) is 19.2 Å². The molecule has 0 aliphatic rings. The lowest BCUT2D eigenvalue weighted by Gasteiger charge is -2.34. The molecule has 0 unspecified atom stereocenters. The molecule has 0 rings (SSSR count). The fourth-order valence-electron chi connectivity index (χ4n) is 2.06. The number of hydrogen-bond donors (Lipinski definition) is 4. The molecular weight excluding hydrogens is 358 g/mol. The molecule has 0 aliphatic carbocycles. The van der Waals surface area contributed by atoms with E-state index < -0.39 is 74.4 Å². The number of carboxylic acid groups (broad SMARTS) is 1. The third-order valence-corrected chi connectivity index (χ3v) is 2.93. The average Bonchev–Trinajstić information content (AvgIpc) is 2.55. The lowest BCUT2D eigenvalue weighted by molar-refractivity contribution is -0.900. The maximum absolute atomic E-state index is 11.9. The van der Waals surface area contributed by atoms with Crippen molar-refractivity contribution < 1.29 is 58.3 Å². The highest BCUT2D eigenvalue weighted by atomic mass is 16.6. The molecular formula is C14H24NO11+. The minimum absolute atomic E-state index is 0.337. The van der Waals surface area contributed by atoms with Crippen molar-refractivity contribution in [3.05, 3.63) is 0 Å². The van der Waals surface area contributed by atoms with E-state index in [1.54, 1.807) is 0 Å². The van der Waals surface area contributed by atoms with Gasteiger partial charge in [-0.3, -0.25) is 4.48 Å². The number of aliphatic hydroxyl groups is 3. The van der Waals surface area contributed by atoms with Crippen LogP contribution in [0.25, 0.3) is 0 Å². The highest BCUT2D eigenvalue weighted by molar-refractivity contribution is 5.77.